The number of aliphatic carboxylic acids is 1. The molecule has 1 amide bonds. The van der Waals surface area contributed by atoms with Gasteiger partial charge in [-0.3, -0.25) is 14.3 Å². The number of rotatable bonds is 10. The number of carboxylic acids is 1. The van der Waals surface area contributed by atoms with Crippen LogP contribution in [0.4, 0.5) is 15.8 Å². The summed E-state index contributed by atoms with van der Waals surface area (Å²) < 4.78 is 14.7. The number of nitrogens with two attached hydrogens (primary N) is 1. The number of benzene rings is 2. The molecule has 4 N–H and O–H groups in total. The molecule has 31 heavy (non-hydrogen) atoms. The number of carbonyl (C=O) groups excluding carboxylic acids is 1. The third kappa shape index (κ3) is 6.36. The van der Waals surface area contributed by atoms with E-state index in [-0.39, 0.29) is 17.9 Å². The molecule has 0 bridgehead atoms. The van der Waals surface area contributed by atoms with Gasteiger partial charge in [0.25, 0.3) is 5.91 Å². The number of nitrogens with zero attached hydrogens (tertiary/aromatic N) is 3. The van der Waals surface area contributed by atoms with Gasteiger partial charge >= 0.3 is 5.97 Å². The Morgan fingerprint density at radius 3 is 2.48 bits per heavy atom. The first-order valence-electron chi connectivity index (χ1n) is 10.0. The molecule has 0 fully saturated rings. The summed E-state index contributed by atoms with van der Waals surface area (Å²) in [6.07, 6.45) is 4.92. The fraction of sp³-hybridized carbons (Fsp3) is 0.273. The topological polar surface area (TPSA) is 123 Å². The molecule has 3 aromatic rings. The highest BCUT2D eigenvalue weighted by molar-refractivity contribution is 6.04. The van der Waals surface area contributed by atoms with Gasteiger partial charge in [0.05, 0.1) is 17.6 Å². The van der Waals surface area contributed by atoms with Crippen molar-refractivity contribution < 1.29 is 19.1 Å². The summed E-state index contributed by atoms with van der Waals surface area (Å²) in [7, 11) is 0. The molecule has 1 aromatic heterocycles. The van der Waals surface area contributed by atoms with E-state index in [2.05, 4.69) is 15.6 Å². The maximum atomic E-state index is 13.2. The van der Waals surface area contributed by atoms with Crippen LogP contribution in [-0.4, -0.2) is 32.0 Å². The molecule has 9 heteroatoms. The standard InChI is InChI=1S/C22H24FN5O3/c23-17-9-6-15(7-10-17)16-8-11-18(24)19(13-16)25-22(31)20-14-28(27-26-20)12-4-2-1-3-5-21(29)30/h6-11,13-14H,1-5,12,24H2,(H,25,31)(H,29,30). The first-order chi connectivity index (χ1) is 14.9. The van der Waals surface area contributed by atoms with Crippen LogP contribution in [0.15, 0.2) is 48.7 Å². The zero-order chi connectivity index (χ0) is 22.2. The first kappa shape index (κ1) is 21.9. The van der Waals surface area contributed by atoms with Crippen molar-refractivity contribution in [3.63, 3.8) is 0 Å². The molecule has 0 radical (unpaired) electrons. The number of aryl methyl sites for hydroxylation is 1. The smallest absolute Gasteiger partial charge is 0.303 e. The first-order valence-corrected chi connectivity index (χ1v) is 10.0. The number of aromatic nitrogens is 3. The number of nitrogens with one attached hydrogen (secondary N) is 1. The normalized spacial score (nSPS) is 10.7. The molecule has 0 unspecified atom stereocenters. The monoisotopic (exact) mass is 425 g/mol. The van der Waals surface area contributed by atoms with Gasteiger partial charge in [0, 0.05) is 13.0 Å². The lowest BCUT2D eigenvalue weighted by Crippen LogP contribution is -2.13. The number of hydrogen-bond donors (Lipinski definition) is 3. The van der Waals surface area contributed by atoms with Gasteiger partial charge < -0.3 is 16.2 Å². The van der Waals surface area contributed by atoms with Crippen LogP contribution >= 0.6 is 0 Å². The maximum absolute atomic E-state index is 13.2. The van der Waals surface area contributed by atoms with Crippen LogP contribution < -0.4 is 11.1 Å². The summed E-state index contributed by atoms with van der Waals surface area (Å²) in [6, 6.07) is 11.2. The van der Waals surface area contributed by atoms with Crippen molar-refractivity contribution in [3.05, 3.63) is 60.2 Å². The van der Waals surface area contributed by atoms with Crippen molar-refractivity contribution >= 4 is 23.3 Å². The summed E-state index contributed by atoms with van der Waals surface area (Å²) in [4.78, 5) is 23.1. The predicted octanol–water partition coefficient (Wildman–Crippen LogP) is 3.95. The molecular formula is C22H24FN5O3. The minimum Gasteiger partial charge on any atom is -0.481 e. The second-order valence-corrected chi connectivity index (χ2v) is 7.19. The zero-order valence-electron chi connectivity index (χ0n) is 16.9. The molecule has 0 aliphatic carbocycles. The average Bonchev–Trinajstić information content (AvgIpc) is 3.22. The number of nitrogen functional groups attached to an aromatic ring is 1. The van der Waals surface area contributed by atoms with E-state index in [1.165, 1.54) is 12.1 Å². The lowest BCUT2D eigenvalue weighted by molar-refractivity contribution is -0.137. The van der Waals surface area contributed by atoms with Crippen LogP contribution in [0.5, 0.6) is 0 Å². The summed E-state index contributed by atoms with van der Waals surface area (Å²) in [5.74, 6) is -1.54. The SMILES string of the molecule is Nc1ccc(-c2ccc(F)cc2)cc1NC(=O)c1cn(CCCCCCC(=O)O)nn1. The van der Waals surface area contributed by atoms with Crippen molar-refractivity contribution in [1.29, 1.82) is 0 Å². The fourth-order valence-electron chi connectivity index (χ4n) is 3.09. The molecule has 162 valence electrons. The highest BCUT2D eigenvalue weighted by atomic mass is 19.1. The number of anilines is 2. The Balaban J connectivity index is 1.57. The lowest BCUT2D eigenvalue weighted by atomic mass is 10.0. The molecular weight excluding hydrogens is 401 g/mol. The van der Waals surface area contributed by atoms with Crippen LogP contribution in [-0.2, 0) is 11.3 Å². The minimum absolute atomic E-state index is 0.164. The van der Waals surface area contributed by atoms with Gasteiger partial charge in [0.1, 0.15) is 5.82 Å². The molecule has 0 saturated carbocycles. The van der Waals surface area contributed by atoms with Crippen LogP contribution in [0.25, 0.3) is 11.1 Å². The molecule has 0 aliphatic rings. The third-order valence-electron chi connectivity index (χ3n) is 4.78. The molecule has 0 spiro atoms. The van der Waals surface area contributed by atoms with E-state index < -0.39 is 11.9 Å². The van der Waals surface area contributed by atoms with Gasteiger partial charge in [0.15, 0.2) is 5.69 Å². The Morgan fingerprint density at radius 1 is 1.03 bits per heavy atom. The number of amides is 1. The second-order valence-electron chi connectivity index (χ2n) is 7.19. The Kier molecular flexibility index (Phi) is 7.31. The molecule has 3 rings (SSSR count). The van der Waals surface area contributed by atoms with Crippen molar-refractivity contribution in [3.8, 4) is 11.1 Å². The highest BCUT2D eigenvalue weighted by Gasteiger charge is 2.13. The van der Waals surface area contributed by atoms with Crippen molar-refractivity contribution in [2.75, 3.05) is 11.1 Å². The number of carboxylic acid groups (broad SMARTS) is 1. The third-order valence-corrected chi connectivity index (χ3v) is 4.78. The lowest BCUT2D eigenvalue weighted by Gasteiger charge is -2.10. The average molecular weight is 425 g/mol. The number of carbonyl (C=O) groups is 2. The molecule has 2 aromatic carbocycles. The fourth-order valence-corrected chi connectivity index (χ4v) is 3.09. The van der Waals surface area contributed by atoms with Gasteiger partial charge in [0.2, 0.25) is 0 Å². The van der Waals surface area contributed by atoms with Crippen molar-refractivity contribution in [2.24, 2.45) is 0 Å². The van der Waals surface area contributed by atoms with E-state index in [4.69, 9.17) is 10.8 Å². The van der Waals surface area contributed by atoms with Crippen molar-refractivity contribution in [1.82, 2.24) is 15.0 Å². The highest BCUT2D eigenvalue weighted by Crippen LogP contribution is 2.27. The van der Waals surface area contributed by atoms with E-state index in [1.54, 1.807) is 41.2 Å². The van der Waals surface area contributed by atoms with Crippen molar-refractivity contribution in [2.45, 2.75) is 38.6 Å². The van der Waals surface area contributed by atoms with Gasteiger partial charge in [-0.1, -0.05) is 36.3 Å². The predicted molar refractivity (Wildman–Crippen MR) is 115 cm³/mol. The number of hydrogen-bond acceptors (Lipinski definition) is 5. The number of halogens is 1. The van der Waals surface area contributed by atoms with Crippen LogP contribution in [0, 0.1) is 5.82 Å². The molecule has 0 aliphatic heterocycles. The van der Waals surface area contributed by atoms with Gasteiger partial charge in [-0.2, -0.15) is 0 Å². The van der Waals surface area contributed by atoms with Crippen LogP contribution in [0.1, 0.15) is 42.6 Å². The molecule has 0 saturated heterocycles. The molecule has 8 nitrogen and oxygen atoms in total. The quantitative estimate of drug-likeness (QED) is 0.334. The van der Waals surface area contributed by atoms with E-state index in [9.17, 15) is 14.0 Å². The largest absolute Gasteiger partial charge is 0.481 e. The zero-order valence-corrected chi connectivity index (χ0v) is 16.9. The van der Waals surface area contributed by atoms with E-state index in [1.807, 2.05) is 0 Å². The summed E-state index contributed by atoms with van der Waals surface area (Å²) in [5, 5.41) is 19.3. The Labute approximate surface area is 178 Å². The van der Waals surface area contributed by atoms with E-state index >= 15 is 0 Å². The van der Waals surface area contributed by atoms with E-state index in [0.717, 1.165) is 30.4 Å². The Morgan fingerprint density at radius 2 is 1.74 bits per heavy atom. The van der Waals surface area contributed by atoms with E-state index in [0.29, 0.717) is 24.3 Å². The van der Waals surface area contributed by atoms with Crippen LogP contribution in [0.2, 0.25) is 0 Å². The molecule has 1 heterocycles. The summed E-state index contributed by atoms with van der Waals surface area (Å²) in [6.45, 7) is 0.593. The summed E-state index contributed by atoms with van der Waals surface area (Å²) >= 11 is 0. The Bertz CT molecular complexity index is 1050. The van der Waals surface area contributed by atoms with Gasteiger partial charge in [-0.25, -0.2) is 4.39 Å². The molecule has 0 atom stereocenters. The maximum Gasteiger partial charge on any atom is 0.303 e. The Hall–Kier alpha value is -3.75. The second kappa shape index (κ2) is 10.3. The minimum atomic E-state index is -0.782. The summed E-state index contributed by atoms with van der Waals surface area (Å²) in [5.41, 5.74) is 8.57. The van der Waals surface area contributed by atoms with Gasteiger partial charge in [-0.05, 0) is 48.2 Å². The van der Waals surface area contributed by atoms with Crippen LogP contribution in [0.3, 0.4) is 0 Å². The van der Waals surface area contributed by atoms with Gasteiger partial charge in [-0.15, -0.1) is 5.10 Å². The number of unbranched alkanes of at least 4 members (excludes halogenated alkanes) is 3.